The molecule has 0 saturated heterocycles. The quantitative estimate of drug-likeness (QED) is 0.546. The maximum Gasteiger partial charge on any atom is 0.226 e. The Bertz CT molecular complexity index is 950. The third kappa shape index (κ3) is 3.51. The van der Waals surface area contributed by atoms with E-state index >= 15 is 0 Å². The van der Waals surface area contributed by atoms with Crippen LogP contribution in [0.5, 0.6) is 5.75 Å². The predicted octanol–water partition coefficient (Wildman–Crippen LogP) is 3.55. The highest BCUT2D eigenvalue weighted by Crippen LogP contribution is 2.22. The van der Waals surface area contributed by atoms with E-state index in [2.05, 4.69) is 20.5 Å². The van der Waals surface area contributed by atoms with Gasteiger partial charge in [0.25, 0.3) is 0 Å². The number of benzene rings is 2. The van der Waals surface area contributed by atoms with Crippen LogP contribution in [0, 0.1) is 0 Å². The summed E-state index contributed by atoms with van der Waals surface area (Å²) >= 11 is 5.88. The molecule has 0 spiro atoms. The number of oxazole rings is 1. The van der Waals surface area contributed by atoms with Crippen LogP contribution in [0.1, 0.15) is 5.69 Å². The van der Waals surface area contributed by atoms with Crippen molar-refractivity contribution in [2.75, 3.05) is 0 Å². The van der Waals surface area contributed by atoms with Crippen molar-refractivity contribution < 1.29 is 9.15 Å². The smallest absolute Gasteiger partial charge is 0.226 e. The zero-order chi connectivity index (χ0) is 17.1. The van der Waals surface area contributed by atoms with Crippen LogP contribution in [-0.4, -0.2) is 25.2 Å². The van der Waals surface area contributed by atoms with Gasteiger partial charge in [-0.3, -0.25) is 0 Å². The second kappa shape index (κ2) is 6.74. The molecule has 2 aromatic carbocycles. The Kier molecular flexibility index (Phi) is 4.14. The molecule has 2 aromatic heterocycles. The van der Waals surface area contributed by atoms with E-state index in [9.17, 15) is 0 Å². The molecule has 4 rings (SSSR count). The number of tetrazole rings is 1. The van der Waals surface area contributed by atoms with Gasteiger partial charge in [-0.2, -0.15) is 0 Å². The molecule has 25 heavy (non-hydrogen) atoms. The molecule has 7 nitrogen and oxygen atoms in total. The lowest BCUT2D eigenvalue weighted by atomic mass is 10.2. The average Bonchev–Trinajstić information content (AvgIpc) is 3.33. The van der Waals surface area contributed by atoms with E-state index in [1.807, 2.05) is 36.4 Å². The zero-order valence-electron chi connectivity index (χ0n) is 12.9. The summed E-state index contributed by atoms with van der Waals surface area (Å²) in [7, 11) is 0. The number of nitrogens with zero attached hydrogens (tertiary/aromatic N) is 5. The third-order valence-electron chi connectivity index (χ3n) is 3.48. The summed E-state index contributed by atoms with van der Waals surface area (Å²) in [4.78, 5) is 4.42. The molecule has 0 amide bonds. The van der Waals surface area contributed by atoms with Gasteiger partial charge in [-0.25, -0.2) is 9.67 Å². The Labute approximate surface area is 147 Å². The lowest BCUT2D eigenvalue weighted by Gasteiger charge is -2.05. The Morgan fingerprint density at radius 1 is 1.04 bits per heavy atom. The minimum absolute atomic E-state index is 0.307. The molecule has 0 saturated carbocycles. The van der Waals surface area contributed by atoms with Gasteiger partial charge in [0.1, 0.15) is 30.6 Å². The van der Waals surface area contributed by atoms with Crippen LogP contribution < -0.4 is 4.74 Å². The molecule has 0 aliphatic carbocycles. The fraction of sp³-hybridized carbons (Fsp3) is 0.0588. The van der Waals surface area contributed by atoms with Gasteiger partial charge in [0.15, 0.2) is 0 Å². The Morgan fingerprint density at radius 3 is 2.56 bits per heavy atom. The van der Waals surface area contributed by atoms with Crippen LogP contribution in [0.3, 0.4) is 0 Å². The summed E-state index contributed by atoms with van der Waals surface area (Å²) in [6, 6.07) is 14.7. The fourth-order valence-corrected chi connectivity index (χ4v) is 2.36. The number of halogens is 1. The molecular weight excluding hydrogens is 342 g/mol. The maximum absolute atomic E-state index is 5.88. The number of hydrogen-bond acceptors (Lipinski definition) is 6. The van der Waals surface area contributed by atoms with Gasteiger partial charge in [-0.15, -0.1) is 5.10 Å². The average molecular weight is 354 g/mol. The monoisotopic (exact) mass is 353 g/mol. The maximum atomic E-state index is 5.88. The number of ether oxygens (including phenoxy) is 1. The van der Waals surface area contributed by atoms with E-state index in [-0.39, 0.29) is 0 Å². The van der Waals surface area contributed by atoms with E-state index in [0.29, 0.717) is 29.0 Å². The van der Waals surface area contributed by atoms with Gasteiger partial charge < -0.3 is 9.15 Å². The largest absolute Gasteiger partial charge is 0.487 e. The second-order valence-electron chi connectivity index (χ2n) is 5.19. The van der Waals surface area contributed by atoms with E-state index in [1.165, 1.54) is 6.33 Å². The Morgan fingerprint density at radius 2 is 1.84 bits per heavy atom. The van der Waals surface area contributed by atoms with Crippen LogP contribution in [0.25, 0.3) is 17.1 Å². The number of rotatable bonds is 5. The van der Waals surface area contributed by atoms with Gasteiger partial charge in [-0.1, -0.05) is 11.6 Å². The Hall–Kier alpha value is -3.19. The normalized spacial score (nSPS) is 10.8. The minimum atomic E-state index is 0.307. The van der Waals surface area contributed by atoms with Gasteiger partial charge in [0.05, 0.1) is 5.69 Å². The van der Waals surface area contributed by atoms with Crippen LogP contribution >= 0.6 is 11.6 Å². The van der Waals surface area contributed by atoms with E-state index in [0.717, 1.165) is 11.3 Å². The fourth-order valence-electron chi connectivity index (χ4n) is 2.23. The first-order valence-electron chi connectivity index (χ1n) is 7.44. The molecule has 2 heterocycles. The summed E-state index contributed by atoms with van der Waals surface area (Å²) in [6.07, 6.45) is 3.11. The highest BCUT2D eigenvalue weighted by atomic mass is 35.5. The van der Waals surface area contributed by atoms with Crippen molar-refractivity contribution in [1.82, 2.24) is 25.2 Å². The first-order valence-corrected chi connectivity index (χ1v) is 7.82. The van der Waals surface area contributed by atoms with Crippen LogP contribution in [0.4, 0.5) is 0 Å². The molecule has 124 valence electrons. The summed E-state index contributed by atoms with van der Waals surface area (Å²) in [5.41, 5.74) is 2.42. The molecule has 0 unspecified atom stereocenters. The standard InChI is InChI=1S/C17H12ClN5O2/c18-13-3-1-12(2-4-13)17-20-14(10-25-17)9-24-16-7-5-15(6-8-16)23-11-19-21-22-23/h1-8,10-11H,9H2. The molecule has 0 fully saturated rings. The first-order chi connectivity index (χ1) is 12.3. The number of aromatic nitrogens is 5. The molecule has 8 heteroatoms. The first kappa shape index (κ1) is 15.3. The highest BCUT2D eigenvalue weighted by Gasteiger charge is 2.07. The van der Waals surface area contributed by atoms with Gasteiger partial charge in [-0.05, 0) is 59.0 Å². The van der Waals surface area contributed by atoms with Gasteiger partial charge in [0, 0.05) is 10.6 Å². The van der Waals surface area contributed by atoms with Crippen molar-refractivity contribution in [2.45, 2.75) is 6.61 Å². The summed E-state index contributed by atoms with van der Waals surface area (Å²) in [5.74, 6) is 1.25. The van der Waals surface area contributed by atoms with Crippen LogP contribution in [-0.2, 0) is 6.61 Å². The van der Waals surface area contributed by atoms with Crippen molar-refractivity contribution >= 4 is 11.6 Å². The van der Waals surface area contributed by atoms with Crippen molar-refractivity contribution in [2.24, 2.45) is 0 Å². The summed E-state index contributed by atoms with van der Waals surface area (Å²) in [5, 5.41) is 11.7. The van der Waals surface area contributed by atoms with E-state index in [1.54, 1.807) is 23.1 Å². The van der Waals surface area contributed by atoms with Crippen LogP contribution in [0.15, 0.2) is 65.5 Å². The van der Waals surface area contributed by atoms with Gasteiger partial charge >= 0.3 is 0 Å². The topological polar surface area (TPSA) is 78.9 Å². The molecule has 4 aromatic rings. The van der Waals surface area contributed by atoms with Gasteiger partial charge in [0.2, 0.25) is 5.89 Å². The highest BCUT2D eigenvalue weighted by molar-refractivity contribution is 6.30. The third-order valence-corrected chi connectivity index (χ3v) is 3.73. The lowest BCUT2D eigenvalue weighted by molar-refractivity contribution is 0.301. The molecule has 0 aliphatic heterocycles. The second-order valence-corrected chi connectivity index (χ2v) is 5.62. The molecule has 0 N–H and O–H groups in total. The lowest BCUT2D eigenvalue weighted by Crippen LogP contribution is -1.97. The minimum Gasteiger partial charge on any atom is -0.487 e. The Balaban J connectivity index is 1.41. The molecular formula is C17H12ClN5O2. The molecule has 0 aliphatic rings. The SMILES string of the molecule is Clc1ccc(-c2nc(COc3ccc(-n4cnnn4)cc3)co2)cc1. The van der Waals surface area contributed by atoms with Crippen molar-refractivity contribution in [3.05, 3.63) is 71.8 Å². The van der Waals surface area contributed by atoms with E-state index in [4.69, 9.17) is 20.8 Å². The summed E-state index contributed by atoms with van der Waals surface area (Å²) in [6.45, 7) is 0.307. The molecule has 0 radical (unpaired) electrons. The van der Waals surface area contributed by atoms with E-state index < -0.39 is 0 Å². The van der Waals surface area contributed by atoms with Crippen molar-refractivity contribution in [3.8, 4) is 22.9 Å². The van der Waals surface area contributed by atoms with Crippen LogP contribution in [0.2, 0.25) is 5.02 Å². The summed E-state index contributed by atoms with van der Waals surface area (Å²) < 4.78 is 12.8. The van der Waals surface area contributed by atoms with Crippen molar-refractivity contribution in [1.29, 1.82) is 0 Å². The molecule has 0 atom stereocenters. The predicted molar refractivity (Wildman–Crippen MR) is 90.4 cm³/mol. The molecule has 0 bridgehead atoms. The van der Waals surface area contributed by atoms with Crippen molar-refractivity contribution in [3.63, 3.8) is 0 Å². The number of hydrogen-bond donors (Lipinski definition) is 0. The zero-order valence-corrected chi connectivity index (χ0v) is 13.7.